The highest BCUT2D eigenvalue weighted by atomic mass is 35.5. The van der Waals surface area contributed by atoms with Gasteiger partial charge in [-0.1, -0.05) is 29.3 Å². The van der Waals surface area contributed by atoms with Crippen molar-refractivity contribution in [2.75, 3.05) is 7.05 Å². The summed E-state index contributed by atoms with van der Waals surface area (Å²) in [7, 11) is 3.55. The molecule has 1 N–H and O–H groups in total. The third-order valence-corrected chi connectivity index (χ3v) is 4.28. The highest BCUT2D eigenvalue weighted by molar-refractivity contribution is 6.42. The van der Waals surface area contributed by atoms with Crippen LogP contribution in [0.15, 0.2) is 36.5 Å². The lowest BCUT2D eigenvalue weighted by Gasteiger charge is -2.13. The molecule has 0 saturated carbocycles. The van der Waals surface area contributed by atoms with Crippen LogP contribution in [0.2, 0.25) is 10.0 Å². The van der Waals surface area contributed by atoms with Crippen LogP contribution >= 0.6 is 23.2 Å². The summed E-state index contributed by atoms with van der Waals surface area (Å²) in [5.74, 6) is -0.191. The molecule has 0 atom stereocenters. The third kappa shape index (κ3) is 3.44. The molecule has 0 bridgehead atoms. The van der Waals surface area contributed by atoms with E-state index in [-0.39, 0.29) is 5.91 Å². The topological polar surface area (TPSA) is 66.8 Å². The number of halogens is 2. The largest absolute Gasteiger partial charge is 0.334 e. The number of carbonyl (C=O) groups is 1. The van der Waals surface area contributed by atoms with E-state index in [1.54, 1.807) is 34.8 Å². The highest BCUT2D eigenvalue weighted by Gasteiger charge is 2.17. The Balaban J connectivity index is 1.76. The molecule has 2 aromatic heterocycles. The number of aromatic amines is 1. The van der Waals surface area contributed by atoms with Crippen LogP contribution in [0.1, 0.15) is 16.2 Å². The first-order chi connectivity index (χ1) is 11.4. The molecule has 0 radical (unpaired) electrons. The van der Waals surface area contributed by atoms with Crippen molar-refractivity contribution in [3.63, 3.8) is 0 Å². The average Bonchev–Trinajstić information content (AvgIpc) is 3.18. The molecule has 1 amide bonds. The van der Waals surface area contributed by atoms with Crippen molar-refractivity contribution in [2.24, 2.45) is 7.05 Å². The summed E-state index contributed by atoms with van der Waals surface area (Å²) < 4.78 is 1.70. The Morgan fingerprint density at radius 2 is 2.04 bits per heavy atom. The zero-order valence-electron chi connectivity index (χ0n) is 13.1. The van der Waals surface area contributed by atoms with Gasteiger partial charge in [-0.15, -0.1) is 0 Å². The van der Waals surface area contributed by atoms with Gasteiger partial charge in [0.2, 0.25) is 0 Å². The van der Waals surface area contributed by atoms with Gasteiger partial charge in [-0.3, -0.25) is 14.6 Å². The van der Waals surface area contributed by atoms with E-state index in [1.165, 1.54) is 0 Å². The highest BCUT2D eigenvalue weighted by Crippen LogP contribution is 2.27. The van der Waals surface area contributed by atoms with Crippen molar-refractivity contribution in [1.29, 1.82) is 0 Å². The van der Waals surface area contributed by atoms with E-state index >= 15 is 0 Å². The van der Waals surface area contributed by atoms with Gasteiger partial charge in [0, 0.05) is 25.9 Å². The molecule has 3 rings (SSSR count). The number of nitrogens with zero attached hydrogens (tertiary/aromatic N) is 4. The summed E-state index contributed by atoms with van der Waals surface area (Å²) in [5.41, 5.74) is 2.65. The number of aromatic nitrogens is 4. The van der Waals surface area contributed by atoms with Crippen molar-refractivity contribution in [1.82, 2.24) is 24.9 Å². The zero-order valence-corrected chi connectivity index (χ0v) is 14.6. The molecule has 2 heterocycles. The molecule has 0 aliphatic rings. The van der Waals surface area contributed by atoms with E-state index in [0.29, 0.717) is 28.0 Å². The van der Waals surface area contributed by atoms with Crippen LogP contribution in [0.4, 0.5) is 0 Å². The molecule has 24 heavy (non-hydrogen) atoms. The molecular weight excluding hydrogens is 349 g/mol. The fourth-order valence-electron chi connectivity index (χ4n) is 2.30. The van der Waals surface area contributed by atoms with Gasteiger partial charge in [-0.25, -0.2) is 0 Å². The van der Waals surface area contributed by atoms with Gasteiger partial charge in [0.15, 0.2) is 5.69 Å². The van der Waals surface area contributed by atoms with Crippen molar-refractivity contribution < 1.29 is 4.79 Å². The summed E-state index contributed by atoms with van der Waals surface area (Å²) in [4.78, 5) is 14.0. The molecule has 1 aromatic carbocycles. The smallest absolute Gasteiger partial charge is 0.274 e. The maximum absolute atomic E-state index is 12.5. The number of hydrogen-bond acceptors (Lipinski definition) is 3. The summed E-state index contributed by atoms with van der Waals surface area (Å²) in [6.07, 6.45) is 1.84. The normalized spacial score (nSPS) is 10.8. The summed E-state index contributed by atoms with van der Waals surface area (Å²) in [6.45, 7) is 0.411. The first-order valence-corrected chi connectivity index (χ1v) is 7.94. The number of rotatable bonds is 4. The first-order valence-electron chi connectivity index (χ1n) is 7.19. The van der Waals surface area contributed by atoms with E-state index in [2.05, 4.69) is 15.3 Å². The lowest BCUT2D eigenvalue weighted by molar-refractivity contribution is 0.0777. The maximum Gasteiger partial charge on any atom is 0.274 e. The van der Waals surface area contributed by atoms with Crippen LogP contribution in [0.3, 0.4) is 0 Å². The molecule has 0 aliphatic heterocycles. The predicted molar refractivity (Wildman–Crippen MR) is 93.0 cm³/mol. The quantitative estimate of drug-likeness (QED) is 0.772. The van der Waals surface area contributed by atoms with Gasteiger partial charge in [-0.2, -0.15) is 10.2 Å². The van der Waals surface area contributed by atoms with E-state index < -0.39 is 0 Å². The van der Waals surface area contributed by atoms with Crippen LogP contribution in [0, 0.1) is 0 Å². The van der Waals surface area contributed by atoms with E-state index in [9.17, 15) is 4.79 Å². The Hall–Kier alpha value is -2.31. The Bertz CT molecular complexity index is 886. The minimum Gasteiger partial charge on any atom is -0.334 e. The summed E-state index contributed by atoms with van der Waals surface area (Å²) in [5, 5.41) is 12.1. The molecule has 0 saturated heterocycles. The average molecular weight is 364 g/mol. The van der Waals surface area contributed by atoms with Crippen LogP contribution in [0.5, 0.6) is 0 Å². The van der Waals surface area contributed by atoms with Crippen LogP contribution in [-0.4, -0.2) is 37.8 Å². The van der Waals surface area contributed by atoms with Crippen LogP contribution in [0.25, 0.3) is 11.3 Å². The fourth-order valence-corrected chi connectivity index (χ4v) is 2.60. The Labute approximate surface area is 149 Å². The monoisotopic (exact) mass is 363 g/mol. The van der Waals surface area contributed by atoms with Gasteiger partial charge < -0.3 is 4.90 Å². The zero-order chi connectivity index (χ0) is 17.3. The molecule has 0 spiro atoms. The molecule has 124 valence electrons. The van der Waals surface area contributed by atoms with Crippen LogP contribution in [-0.2, 0) is 13.6 Å². The summed E-state index contributed by atoms with van der Waals surface area (Å²) >= 11 is 11.9. The van der Waals surface area contributed by atoms with Gasteiger partial charge in [-0.05, 0) is 24.3 Å². The van der Waals surface area contributed by atoms with Crippen molar-refractivity contribution in [2.45, 2.75) is 6.54 Å². The second-order valence-electron chi connectivity index (χ2n) is 5.44. The van der Waals surface area contributed by atoms with Gasteiger partial charge in [0.1, 0.15) is 0 Å². The van der Waals surface area contributed by atoms with E-state index in [4.69, 9.17) is 23.2 Å². The number of H-pyrrole nitrogens is 1. The number of nitrogens with one attached hydrogen (secondary N) is 1. The molecular formula is C16H15Cl2N5O. The number of amides is 1. The Morgan fingerprint density at radius 1 is 1.25 bits per heavy atom. The second kappa shape index (κ2) is 6.67. The standard InChI is InChI=1S/C16H15Cl2N5O/c1-22(9-11-5-6-23(2)21-11)16(24)15-8-14(19-20-15)10-3-4-12(17)13(18)7-10/h3-8H,9H2,1-2H3,(H,19,20). The number of carbonyl (C=O) groups excluding carboxylic acids is 1. The molecule has 0 unspecified atom stereocenters. The SMILES string of the molecule is CN(Cc1ccn(C)n1)C(=O)c1cc(-c2ccc(Cl)c(Cl)c2)[nH]n1. The Kier molecular flexibility index (Phi) is 4.59. The van der Waals surface area contributed by atoms with Crippen molar-refractivity contribution in [3.8, 4) is 11.3 Å². The predicted octanol–water partition coefficient (Wildman–Crippen LogP) is 3.39. The third-order valence-electron chi connectivity index (χ3n) is 3.54. The first kappa shape index (κ1) is 16.5. The number of hydrogen-bond donors (Lipinski definition) is 1. The number of benzene rings is 1. The second-order valence-corrected chi connectivity index (χ2v) is 6.25. The minimum atomic E-state index is -0.191. The lowest BCUT2D eigenvalue weighted by Crippen LogP contribution is -2.26. The van der Waals surface area contributed by atoms with Crippen molar-refractivity contribution >= 4 is 29.1 Å². The summed E-state index contributed by atoms with van der Waals surface area (Å²) in [6, 6.07) is 8.80. The fraction of sp³-hybridized carbons (Fsp3) is 0.188. The molecule has 8 heteroatoms. The maximum atomic E-state index is 12.5. The van der Waals surface area contributed by atoms with Crippen molar-refractivity contribution in [3.05, 3.63) is 58.0 Å². The lowest BCUT2D eigenvalue weighted by atomic mass is 10.1. The van der Waals surface area contributed by atoms with E-state index in [1.807, 2.05) is 25.4 Å². The van der Waals surface area contributed by atoms with Gasteiger partial charge in [0.25, 0.3) is 5.91 Å². The van der Waals surface area contributed by atoms with Gasteiger partial charge >= 0.3 is 0 Å². The Morgan fingerprint density at radius 3 is 2.71 bits per heavy atom. The molecule has 0 aliphatic carbocycles. The molecule has 6 nitrogen and oxygen atoms in total. The number of aryl methyl sites for hydroxylation is 1. The van der Waals surface area contributed by atoms with Gasteiger partial charge in [0.05, 0.1) is 28.0 Å². The molecule has 3 aromatic rings. The van der Waals surface area contributed by atoms with E-state index in [0.717, 1.165) is 11.3 Å². The minimum absolute atomic E-state index is 0.191. The molecule has 0 fully saturated rings. The van der Waals surface area contributed by atoms with Crippen LogP contribution < -0.4 is 0 Å².